The van der Waals surface area contributed by atoms with E-state index in [1.54, 1.807) is 6.20 Å². The maximum absolute atomic E-state index is 3.92. The number of aryl methyl sites for hydroxylation is 1. The Kier molecular flexibility index (Phi) is 1.58. The summed E-state index contributed by atoms with van der Waals surface area (Å²) in [7, 11) is 0. The Morgan fingerprint density at radius 3 is 2.88 bits per heavy atom. The van der Waals surface area contributed by atoms with Gasteiger partial charge in [-0.2, -0.15) is 0 Å². The Balaban J connectivity index is 3.08. The van der Waals surface area contributed by atoms with Gasteiger partial charge in [0.15, 0.2) is 0 Å². The Labute approximate surface area is 56.1 Å². The lowest BCUT2D eigenvalue weighted by Gasteiger charge is -1.86. The van der Waals surface area contributed by atoms with Gasteiger partial charge in [-0.15, -0.1) is 0 Å². The van der Waals surface area contributed by atoms with Crippen molar-refractivity contribution in [1.82, 2.24) is 9.97 Å². The number of halogens is 1. The lowest BCUT2D eigenvalue weighted by atomic mass is 10.6. The molecule has 0 aromatic carbocycles. The van der Waals surface area contributed by atoms with Gasteiger partial charge in [-0.25, -0.2) is 9.97 Å². The third kappa shape index (κ3) is 1.26. The molecule has 1 rings (SSSR count). The molecule has 1 heterocycles. The van der Waals surface area contributed by atoms with Gasteiger partial charge >= 0.3 is 0 Å². The van der Waals surface area contributed by atoms with E-state index < -0.39 is 0 Å². The van der Waals surface area contributed by atoms with Crippen molar-refractivity contribution in [3.05, 3.63) is 22.7 Å². The molecule has 0 unspecified atom stereocenters. The van der Waals surface area contributed by atoms with E-state index in [0.717, 1.165) is 5.82 Å². The molecule has 0 atom stereocenters. The van der Waals surface area contributed by atoms with Crippen molar-refractivity contribution >= 4 is 15.9 Å². The third-order valence-electron chi connectivity index (χ3n) is 0.695. The van der Waals surface area contributed by atoms with Crippen LogP contribution in [0.2, 0.25) is 0 Å². The predicted octanol–water partition coefficient (Wildman–Crippen LogP) is 1.35. The molecule has 41 valence electrons. The van der Waals surface area contributed by atoms with Crippen LogP contribution in [0.25, 0.3) is 0 Å². The van der Waals surface area contributed by atoms with Gasteiger partial charge < -0.3 is 0 Å². The maximum Gasteiger partial charge on any atom is 0.126 e. The SMILES string of the molecule is Cc1nc[c]c(Br)n1. The van der Waals surface area contributed by atoms with Gasteiger partial charge in [0.05, 0.1) is 0 Å². The fraction of sp³-hybridized carbons (Fsp3) is 0.200. The molecule has 0 spiro atoms. The van der Waals surface area contributed by atoms with Gasteiger partial charge in [0.25, 0.3) is 0 Å². The quantitative estimate of drug-likeness (QED) is 0.552. The number of rotatable bonds is 0. The van der Waals surface area contributed by atoms with Crippen LogP contribution in [-0.2, 0) is 0 Å². The summed E-state index contributed by atoms with van der Waals surface area (Å²) in [6.45, 7) is 1.83. The zero-order valence-corrected chi connectivity index (χ0v) is 5.94. The number of hydrogen-bond donors (Lipinski definition) is 0. The molecule has 0 amide bonds. The molecule has 0 aliphatic rings. The van der Waals surface area contributed by atoms with E-state index in [9.17, 15) is 0 Å². The molecule has 8 heavy (non-hydrogen) atoms. The topological polar surface area (TPSA) is 25.8 Å². The minimum Gasteiger partial charge on any atom is -0.241 e. The van der Waals surface area contributed by atoms with Gasteiger partial charge in [0.1, 0.15) is 10.4 Å². The second-order valence-electron chi connectivity index (χ2n) is 1.35. The van der Waals surface area contributed by atoms with Crippen molar-refractivity contribution in [1.29, 1.82) is 0 Å². The molecule has 1 aromatic heterocycles. The molecule has 2 nitrogen and oxygen atoms in total. The first-order valence-corrected chi connectivity index (χ1v) is 2.95. The molecule has 0 aliphatic carbocycles. The largest absolute Gasteiger partial charge is 0.241 e. The minimum atomic E-state index is 0.713. The monoisotopic (exact) mass is 171 g/mol. The zero-order valence-electron chi connectivity index (χ0n) is 4.35. The summed E-state index contributed by atoms with van der Waals surface area (Å²) in [4.78, 5) is 7.77. The smallest absolute Gasteiger partial charge is 0.126 e. The van der Waals surface area contributed by atoms with Crippen molar-refractivity contribution in [2.75, 3.05) is 0 Å². The van der Waals surface area contributed by atoms with Crippen LogP contribution in [0.1, 0.15) is 5.82 Å². The molecule has 0 saturated carbocycles. The highest BCUT2D eigenvalue weighted by Crippen LogP contribution is 2.00. The van der Waals surface area contributed by atoms with E-state index in [-0.39, 0.29) is 0 Å². The van der Waals surface area contributed by atoms with Crippen molar-refractivity contribution in [2.24, 2.45) is 0 Å². The second kappa shape index (κ2) is 2.22. The number of nitrogens with zero attached hydrogens (tertiary/aromatic N) is 2. The molecule has 0 bridgehead atoms. The summed E-state index contributed by atoms with van der Waals surface area (Å²) < 4.78 is 0.713. The highest BCUT2D eigenvalue weighted by molar-refractivity contribution is 9.10. The van der Waals surface area contributed by atoms with Crippen LogP contribution in [0.3, 0.4) is 0 Å². The Morgan fingerprint density at radius 2 is 2.50 bits per heavy atom. The molecule has 1 aromatic rings. The summed E-state index contributed by atoms with van der Waals surface area (Å²) in [5.41, 5.74) is 0. The van der Waals surface area contributed by atoms with Gasteiger partial charge in [-0.1, -0.05) is 0 Å². The van der Waals surface area contributed by atoms with Gasteiger partial charge in [0, 0.05) is 12.3 Å². The molecule has 0 N–H and O–H groups in total. The number of aromatic nitrogens is 2. The van der Waals surface area contributed by atoms with Gasteiger partial charge in [-0.3, -0.25) is 0 Å². The summed E-state index contributed by atoms with van der Waals surface area (Å²) in [5.74, 6) is 0.760. The second-order valence-corrected chi connectivity index (χ2v) is 2.10. The van der Waals surface area contributed by atoms with E-state index in [2.05, 4.69) is 32.0 Å². The summed E-state index contributed by atoms with van der Waals surface area (Å²) >= 11 is 3.16. The van der Waals surface area contributed by atoms with Crippen molar-refractivity contribution in [3.8, 4) is 0 Å². The fourth-order valence-electron chi connectivity index (χ4n) is 0.382. The normalized spacial score (nSPS) is 9.25. The first-order valence-electron chi connectivity index (χ1n) is 2.16. The highest BCUT2D eigenvalue weighted by atomic mass is 79.9. The van der Waals surface area contributed by atoms with E-state index in [1.165, 1.54) is 0 Å². The molecule has 0 fully saturated rings. The average molecular weight is 172 g/mol. The van der Waals surface area contributed by atoms with Crippen LogP contribution in [0.5, 0.6) is 0 Å². The van der Waals surface area contributed by atoms with Crippen LogP contribution < -0.4 is 0 Å². The summed E-state index contributed by atoms with van der Waals surface area (Å²) in [5, 5.41) is 0. The molecule has 1 radical (unpaired) electrons. The Morgan fingerprint density at radius 1 is 1.75 bits per heavy atom. The first-order chi connectivity index (χ1) is 3.79. The maximum atomic E-state index is 3.92. The van der Waals surface area contributed by atoms with Crippen molar-refractivity contribution in [3.63, 3.8) is 0 Å². The highest BCUT2D eigenvalue weighted by Gasteiger charge is 1.86. The molecular formula is C5H4BrN2. The van der Waals surface area contributed by atoms with Crippen LogP contribution >= 0.6 is 15.9 Å². The van der Waals surface area contributed by atoms with Crippen molar-refractivity contribution in [2.45, 2.75) is 6.92 Å². The fourth-order valence-corrected chi connectivity index (χ4v) is 0.741. The molecule has 0 aliphatic heterocycles. The van der Waals surface area contributed by atoms with E-state index in [0.29, 0.717) is 4.60 Å². The first kappa shape index (κ1) is 5.69. The molecule has 3 heteroatoms. The lowest BCUT2D eigenvalue weighted by Crippen LogP contribution is -1.84. The molecular weight excluding hydrogens is 168 g/mol. The van der Waals surface area contributed by atoms with E-state index in [1.807, 2.05) is 6.92 Å². The van der Waals surface area contributed by atoms with Crippen LogP contribution in [-0.4, -0.2) is 9.97 Å². The van der Waals surface area contributed by atoms with Crippen LogP contribution in [0.4, 0.5) is 0 Å². The van der Waals surface area contributed by atoms with Gasteiger partial charge in [0.2, 0.25) is 0 Å². The van der Waals surface area contributed by atoms with Gasteiger partial charge in [-0.05, 0) is 22.9 Å². The summed E-state index contributed by atoms with van der Waals surface area (Å²) in [6.07, 6.45) is 1.59. The minimum absolute atomic E-state index is 0.713. The predicted molar refractivity (Wildman–Crippen MR) is 33.3 cm³/mol. The molecule has 0 saturated heterocycles. The van der Waals surface area contributed by atoms with Crippen LogP contribution in [0, 0.1) is 13.0 Å². The van der Waals surface area contributed by atoms with E-state index >= 15 is 0 Å². The summed E-state index contributed by atoms with van der Waals surface area (Å²) in [6, 6.07) is 2.77. The standard InChI is InChI=1S/C5H4BrN2/c1-4-7-3-2-5(6)8-4/h3H,1H3. The van der Waals surface area contributed by atoms with Crippen molar-refractivity contribution < 1.29 is 0 Å². The van der Waals surface area contributed by atoms with Crippen LogP contribution in [0.15, 0.2) is 10.8 Å². The Bertz CT molecular complexity index is 170. The van der Waals surface area contributed by atoms with E-state index in [4.69, 9.17) is 0 Å². The Hall–Kier alpha value is -0.440. The average Bonchev–Trinajstić information content (AvgIpc) is 1.64. The third-order valence-corrected chi connectivity index (χ3v) is 1.10. The lowest BCUT2D eigenvalue weighted by molar-refractivity contribution is 1.03. The zero-order chi connectivity index (χ0) is 5.98. The number of hydrogen-bond acceptors (Lipinski definition) is 2.